The van der Waals surface area contributed by atoms with E-state index in [-0.39, 0.29) is 0 Å². The molecule has 0 unspecified atom stereocenters. The fourth-order valence-corrected chi connectivity index (χ4v) is 1.73. The Labute approximate surface area is 91.2 Å². The molecule has 0 amide bonds. The SMILES string of the molecule is C/C=C\C(=C/CC)CCCCCBr. The number of allylic oxidation sites excluding steroid dienone is 4. The first-order valence-electron chi connectivity index (χ1n) is 5.22. The summed E-state index contributed by atoms with van der Waals surface area (Å²) >= 11 is 3.45. The molecule has 0 aromatic carbocycles. The Balaban J connectivity index is 3.64. The van der Waals surface area contributed by atoms with Crippen LogP contribution in [0.2, 0.25) is 0 Å². The van der Waals surface area contributed by atoms with E-state index in [0.29, 0.717) is 0 Å². The molecule has 13 heavy (non-hydrogen) atoms. The van der Waals surface area contributed by atoms with Crippen molar-refractivity contribution in [3.63, 3.8) is 0 Å². The summed E-state index contributed by atoms with van der Waals surface area (Å²) in [5, 5.41) is 1.14. The average molecular weight is 245 g/mol. The summed E-state index contributed by atoms with van der Waals surface area (Å²) in [4.78, 5) is 0. The third-order valence-corrected chi connectivity index (χ3v) is 2.51. The van der Waals surface area contributed by atoms with Gasteiger partial charge in [0.25, 0.3) is 0 Å². The van der Waals surface area contributed by atoms with Crippen molar-refractivity contribution < 1.29 is 0 Å². The van der Waals surface area contributed by atoms with E-state index in [2.05, 4.69) is 48.0 Å². The standard InChI is InChI=1S/C12H21Br/c1-3-8-12(9-4-2)10-6-5-7-11-13/h3,8-9H,4-7,10-11H2,1-2H3/b8-3-,12-9+. The zero-order valence-corrected chi connectivity index (χ0v) is 10.4. The summed E-state index contributed by atoms with van der Waals surface area (Å²) in [5.41, 5.74) is 1.50. The molecule has 0 spiro atoms. The van der Waals surface area contributed by atoms with Gasteiger partial charge in [0.15, 0.2) is 0 Å². The van der Waals surface area contributed by atoms with Crippen LogP contribution < -0.4 is 0 Å². The highest BCUT2D eigenvalue weighted by atomic mass is 79.9. The van der Waals surface area contributed by atoms with Gasteiger partial charge in [0.2, 0.25) is 0 Å². The second-order valence-electron chi connectivity index (χ2n) is 3.19. The molecule has 0 N–H and O–H groups in total. The van der Waals surface area contributed by atoms with Crippen LogP contribution in [0.4, 0.5) is 0 Å². The smallest absolute Gasteiger partial charge is 0.00313 e. The lowest BCUT2D eigenvalue weighted by Gasteiger charge is -2.01. The van der Waals surface area contributed by atoms with E-state index in [1.54, 1.807) is 0 Å². The molecule has 0 aliphatic carbocycles. The van der Waals surface area contributed by atoms with E-state index in [0.717, 1.165) is 11.8 Å². The predicted octanol–water partition coefficient (Wildman–Crippen LogP) is 4.85. The molecule has 0 aromatic heterocycles. The van der Waals surface area contributed by atoms with Crippen LogP contribution in [-0.2, 0) is 0 Å². The van der Waals surface area contributed by atoms with Crippen molar-refractivity contribution in [2.75, 3.05) is 5.33 Å². The first kappa shape index (κ1) is 13.0. The first-order chi connectivity index (χ1) is 6.35. The molecular weight excluding hydrogens is 224 g/mol. The van der Waals surface area contributed by atoms with E-state index in [4.69, 9.17) is 0 Å². The van der Waals surface area contributed by atoms with Gasteiger partial charge in [0, 0.05) is 5.33 Å². The molecule has 76 valence electrons. The highest BCUT2D eigenvalue weighted by molar-refractivity contribution is 9.09. The fraction of sp³-hybridized carbons (Fsp3) is 0.667. The van der Waals surface area contributed by atoms with Gasteiger partial charge in [0.05, 0.1) is 0 Å². The van der Waals surface area contributed by atoms with E-state index in [1.807, 2.05) is 0 Å². The van der Waals surface area contributed by atoms with Crippen molar-refractivity contribution in [2.45, 2.75) is 46.0 Å². The quantitative estimate of drug-likeness (QED) is 0.341. The normalized spacial score (nSPS) is 12.7. The molecule has 0 fully saturated rings. The Morgan fingerprint density at radius 1 is 1.23 bits per heavy atom. The lowest BCUT2D eigenvalue weighted by molar-refractivity contribution is 0.725. The molecular formula is C12H21Br. The summed E-state index contributed by atoms with van der Waals surface area (Å²) < 4.78 is 0. The molecule has 0 aliphatic heterocycles. The third-order valence-electron chi connectivity index (χ3n) is 1.95. The number of alkyl halides is 1. The number of hydrogen-bond acceptors (Lipinski definition) is 0. The van der Waals surface area contributed by atoms with E-state index < -0.39 is 0 Å². The highest BCUT2D eigenvalue weighted by Gasteiger charge is 1.92. The number of rotatable bonds is 7. The monoisotopic (exact) mass is 244 g/mol. The lowest BCUT2D eigenvalue weighted by atomic mass is 10.1. The largest absolute Gasteiger partial charge is 0.0928 e. The minimum Gasteiger partial charge on any atom is -0.0928 e. The summed E-state index contributed by atoms with van der Waals surface area (Å²) in [6, 6.07) is 0. The number of hydrogen-bond donors (Lipinski definition) is 0. The van der Waals surface area contributed by atoms with E-state index in [9.17, 15) is 0 Å². The molecule has 0 rings (SSSR count). The van der Waals surface area contributed by atoms with E-state index >= 15 is 0 Å². The molecule has 0 aromatic rings. The average Bonchev–Trinajstić information content (AvgIpc) is 2.13. The Morgan fingerprint density at radius 3 is 2.54 bits per heavy atom. The van der Waals surface area contributed by atoms with Gasteiger partial charge in [-0.1, -0.05) is 53.1 Å². The van der Waals surface area contributed by atoms with Crippen molar-refractivity contribution in [1.82, 2.24) is 0 Å². The Kier molecular flexibility index (Phi) is 10.0. The van der Waals surface area contributed by atoms with Gasteiger partial charge in [-0.3, -0.25) is 0 Å². The third kappa shape index (κ3) is 8.29. The van der Waals surface area contributed by atoms with Crippen LogP contribution in [0.3, 0.4) is 0 Å². The van der Waals surface area contributed by atoms with Crippen LogP contribution in [0.15, 0.2) is 23.8 Å². The van der Waals surface area contributed by atoms with Crippen LogP contribution in [-0.4, -0.2) is 5.33 Å². The maximum absolute atomic E-state index is 3.45. The number of unbranched alkanes of at least 4 members (excludes halogenated alkanes) is 2. The maximum atomic E-state index is 3.45. The van der Waals surface area contributed by atoms with Crippen molar-refractivity contribution >= 4 is 15.9 Å². The van der Waals surface area contributed by atoms with Crippen molar-refractivity contribution in [3.05, 3.63) is 23.8 Å². The fourth-order valence-electron chi connectivity index (χ4n) is 1.33. The second-order valence-corrected chi connectivity index (χ2v) is 3.98. The second kappa shape index (κ2) is 10.0. The van der Waals surface area contributed by atoms with Gasteiger partial charge in [-0.05, 0) is 32.6 Å². The summed E-state index contributed by atoms with van der Waals surface area (Å²) in [5.74, 6) is 0. The lowest BCUT2D eigenvalue weighted by Crippen LogP contribution is -1.82. The van der Waals surface area contributed by atoms with Crippen LogP contribution in [0, 0.1) is 0 Å². The van der Waals surface area contributed by atoms with Crippen molar-refractivity contribution in [2.24, 2.45) is 0 Å². The molecule has 1 heteroatoms. The molecule has 0 bridgehead atoms. The summed E-state index contributed by atoms with van der Waals surface area (Å²) in [6.07, 6.45) is 13.0. The van der Waals surface area contributed by atoms with Crippen molar-refractivity contribution in [3.8, 4) is 0 Å². The van der Waals surface area contributed by atoms with Crippen LogP contribution in [0.25, 0.3) is 0 Å². The van der Waals surface area contributed by atoms with E-state index in [1.165, 1.54) is 31.3 Å². The zero-order chi connectivity index (χ0) is 9.94. The Hall–Kier alpha value is -0.0400. The summed E-state index contributed by atoms with van der Waals surface area (Å²) in [7, 11) is 0. The molecule has 0 atom stereocenters. The van der Waals surface area contributed by atoms with Gasteiger partial charge in [0.1, 0.15) is 0 Å². The molecule has 0 saturated carbocycles. The first-order valence-corrected chi connectivity index (χ1v) is 6.35. The van der Waals surface area contributed by atoms with Gasteiger partial charge >= 0.3 is 0 Å². The van der Waals surface area contributed by atoms with Gasteiger partial charge in [-0.2, -0.15) is 0 Å². The Bertz CT molecular complexity index is 157. The minimum absolute atomic E-state index is 1.14. The predicted molar refractivity (Wildman–Crippen MR) is 65.5 cm³/mol. The van der Waals surface area contributed by atoms with Gasteiger partial charge < -0.3 is 0 Å². The molecule has 0 saturated heterocycles. The minimum atomic E-state index is 1.14. The van der Waals surface area contributed by atoms with Crippen LogP contribution in [0.5, 0.6) is 0 Å². The van der Waals surface area contributed by atoms with Crippen LogP contribution in [0.1, 0.15) is 46.0 Å². The maximum Gasteiger partial charge on any atom is 0.00313 e. The topological polar surface area (TPSA) is 0 Å². The van der Waals surface area contributed by atoms with Crippen LogP contribution >= 0.6 is 15.9 Å². The van der Waals surface area contributed by atoms with Crippen molar-refractivity contribution in [1.29, 1.82) is 0 Å². The zero-order valence-electron chi connectivity index (χ0n) is 8.85. The Morgan fingerprint density at radius 2 is 2.00 bits per heavy atom. The van der Waals surface area contributed by atoms with Gasteiger partial charge in [-0.25, -0.2) is 0 Å². The molecule has 0 aliphatic rings. The summed E-state index contributed by atoms with van der Waals surface area (Å²) in [6.45, 7) is 4.28. The molecule has 0 nitrogen and oxygen atoms in total. The number of halogens is 1. The van der Waals surface area contributed by atoms with Gasteiger partial charge in [-0.15, -0.1) is 0 Å². The molecule has 0 heterocycles. The molecule has 0 radical (unpaired) electrons. The highest BCUT2D eigenvalue weighted by Crippen LogP contribution is 2.11.